The van der Waals surface area contributed by atoms with E-state index >= 15 is 0 Å². The van der Waals surface area contributed by atoms with Gasteiger partial charge >= 0.3 is 6.09 Å². The molecule has 0 radical (unpaired) electrons. The van der Waals surface area contributed by atoms with E-state index < -0.39 is 16.8 Å². The Morgan fingerprint density at radius 1 is 0.560 bits per heavy atom. The fraction of sp³-hybridized carbons (Fsp3) is 0.491. The molecule has 6 aromatic heterocycles. The van der Waals surface area contributed by atoms with Crippen LogP contribution < -0.4 is 35.2 Å². The lowest BCUT2D eigenvalue weighted by molar-refractivity contribution is -0.0162. The third-order valence-corrected chi connectivity index (χ3v) is 15.7. The van der Waals surface area contributed by atoms with Crippen molar-refractivity contribution in [2.45, 2.75) is 117 Å². The van der Waals surface area contributed by atoms with E-state index in [1.165, 1.54) is 0 Å². The van der Waals surface area contributed by atoms with Gasteiger partial charge in [-0.25, -0.2) is 44.7 Å². The molecule has 18 nitrogen and oxygen atoms in total. The number of aromatic nitrogens is 8. The van der Waals surface area contributed by atoms with Crippen LogP contribution in [0, 0.1) is 10.8 Å². The third-order valence-electron chi connectivity index (χ3n) is 15.7. The van der Waals surface area contributed by atoms with Gasteiger partial charge < -0.3 is 44.9 Å². The number of anilines is 6. The summed E-state index contributed by atoms with van der Waals surface area (Å²) in [5, 5.41) is 9.99. The lowest BCUT2D eigenvalue weighted by Crippen LogP contribution is -2.50. The summed E-state index contributed by atoms with van der Waals surface area (Å²) in [6.07, 6.45) is 18.7. The Balaban J connectivity index is 0.000000163. The first-order chi connectivity index (χ1) is 36.0. The monoisotopic (exact) mass is 1010 g/mol. The molecule has 1 amide bonds. The molecule has 3 N–H and O–H groups in total. The summed E-state index contributed by atoms with van der Waals surface area (Å²) in [7, 11) is 0. The summed E-state index contributed by atoms with van der Waals surface area (Å²) in [6, 6.07) is 16.0. The van der Waals surface area contributed by atoms with Crippen LogP contribution in [0.15, 0.2) is 85.7 Å². The van der Waals surface area contributed by atoms with Crippen molar-refractivity contribution in [1.29, 1.82) is 0 Å². The van der Waals surface area contributed by atoms with Crippen LogP contribution >= 0.6 is 0 Å². The third kappa shape index (κ3) is 10.7. The molecule has 6 aromatic rings. The molecule has 392 valence electrons. The number of piperazine rings is 2. The average molecular weight is 1020 g/mol. The number of ether oxygens (including phenoxy) is 3. The van der Waals surface area contributed by atoms with Gasteiger partial charge in [-0.1, -0.05) is 27.7 Å². The molecule has 2 saturated heterocycles. The van der Waals surface area contributed by atoms with Crippen LogP contribution in [0.3, 0.4) is 0 Å². The van der Waals surface area contributed by atoms with E-state index in [1.54, 1.807) is 17.3 Å². The van der Waals surface area contributed by atoms with Gasteiger partial charge in [-0.2, -0.15) is 0 Å². The van der Waals surface area contributed by atoms with Gasteiger partial charge in [0.05, 0.1) is 35.2 Å². The van der Waals surface area contributed by atoms with E-state index in [1.807, 2.05) is 88.0 Å². The van der Waals surface area contributed by atoms with Crippen molar-refractivity contribution in [3.8, 4) is 34.0 Å². The second kappa shape index (κ2) is 19.8. The van der Waals surface area contributed by atoms with Gasteiger partial charge in [0.2, 0.25) is 23.7 Å². The number of hydrogen-bond acceptors (Lipinski definition) is 17. The Morgan fingerprint density at radius 2 is 1.01 bits per heavy atom. The molecule has 2 spiro atoms. The highest BCUT2D eigenvalue weighted by Crippen LogP contribution is 2.54. The van der Waals surface area contributed by atoms with Crippen molar-refractivity contribution in [2.24, 2.45) is 10.8 Å². The molecule has 75 heavy (non-hydrogen) atoms. The molecule has 10 heterocycles. The number of nitrogens with zero attached hydrogens (tertiary/aromatic N) is 11. The zero-order valence-electron chi connectivity index (χ0n) is 44.4. The Hall–Kier alpha value is -7.21. The van der Waals surface area contributed by atoms with E-state index in [9.17, 15) is 4.79 Å². The lowest BCUT2D eigenvalue weighted by atomic mass is 9.68. The van der Waals surface area contributed by atoms with E-state index in [0.717, 1.165) is 141 Å². The largest absolute Gasteiger partial charge is 0.464 e. The second-order valence-electron chi connectivity index (χ2n) is 23.4. The van der Waals surface area contributed by atoms with Crippen LogP contribution in [0.1, 0.15) is 111 Å². The van der Waals surface area contributed by atoms with Gasteiger partial charge in [-0.3, -0.25) is 0 Å². The number of hydrogen-bond donors (Lipinski definition) is 3. The van der Waals surface area contributed by atoms with Crippen LogP contribution in [0.2, 0.25) is 0 Å². The zero-order valence-corrected chi connectivity index (χ0v) is 44.4. The van der Waals surface area contributed by atoms with Crippen LogP contribution in [0.4, 0.5) is 39.7 Å². The topological polar surface area (TPSA) is 194 Å². The Kier molecular flexibility index (Phi) is 13.2. The van der Waals surface area contributed by atoms with Gasteiger partial charge in [0.1, 0.15) is 17.2 Å². The van der Waals surface area contributed by atoms with Crippen molar-refractivity contribution >= 4 is 41.0 Å². The quantitative estimate of drug-likeness (QED) is 0.142. The van der Waals surface area contributed by atoms with Crippen LogP contribution in [0.25, 0.3) is 22.3 Å². The highest BCUT2D eigenvalue weighted by atomic mass is 16.6. The molecule has 0 bridgehead atoms. The van der Waals surface area contributed by atoms with Gasteiger partial charge in [0.25, 0.3) is 0 Å². The molecule has 4 fully saturated rings. The number of nitrogens with one attached hydrogen (secondary N) is 3. The van der Waals surface area contributed by atoms with E-state index in [4.69, 9.17) is 24.2 Å². The number of carbonyl (C=O) groups is 1. The molecule has 2 saturated carbocycles. The Morgan fingerprint density at radius 3 is 1.44 bits per heavy atom. The fourth-order valence-electron chi connectivity index (χ4n) is 11.1. The van der Waals surface area contributed by atoms with Gasteiger partial charge in [0, 0.05) is 99.4 Å². The molecule has 6 aliphatic rings. The van der Waals surface area contributed by atoms with Crippen molar-refractivity contribution in [3.05, 3.63) is 97.1 Å². The predicted octanol–water partition coefficient (Wildman–Crippen LogP) is 10.2. The molecular formula is C57H70N14O4. The molecular weight excluding hydrogens is 945 g/mol. The first-order valence-electron chi connectivity index (χ1n) is 26.7. The summed E-state index contributed by atoms with van der Waals surface area (Å²) in [5.74, 6) is 3.78. The number of amides is 1. The van der Waals surface area contributed by atoms with E-state index in [-0.39, 0.29) is 11.5 Å². The Bertz CT molecular complexity index is 3000. The second-order valence-corrected chi connectivity index (χ2v) is 23.4. The van der Waals surface area contributed by atoms with Gasteiger partial charge in [-0.05, 0) is 131 Å². The minimum atomic E-state index is -0.510. The number of carbonyl (C=O) groups excluding carboxylic acids is 1. The standard InChI is InChI=1S/C31H39N7O3.C26H31N7O/c1-29(2,3)41-28(39)38-17-15-37(16-18-38)21-8-9-24(33-19-21)35-27-34-20-23-22-7-6-14-32-26(22)40-31(25(23)36-27)12-10-30(4,5)11-13-31;1-25(2)7-9-26(10-8-25)22-20(19-4-3-11-28-23(19)34-26)17-30-24(32-22)31-21-6-5-18(16-29-21)33-14-12-27-13-15-33/h6-9,14,19-20H,10-13,15-18H2,1-5H3,(H,33,34,35,36);3-6,11,16-17,27H,7-10,12-15H2,1-2H3,(H,29,30,31,32). The van der Waals surface area contributed by atoms with E-state index in [2.05, 4.69) is 89.4 Å². The summed E-state index contributed by atoms with van der Waals surface area (Å²) in [4.78, 5) is 56.4. The lowest BCUT2D eigenvalue weighted by Gasteiger charge is -2.45. The van der Waals surface area contributed by atoms with E-state index in [0.29, 0.717) is 48.0 Å². The van der Waals surface area contributed by atoms with Gasteiger partial charge in [0.15, 0.2) is 11.2 Å². The van der Waals surface area contributed by atoms with Crippen LogP contribution in [0.5, 0.6) is 11.8 Å². The first kappa shape index (κ1) is 50.0. The fourth-order valence-corrected chi connectivity index (χ4v) is 11.1. The highest BCUT2D eigenvalue weighted by molar-refractivity contribution is 5.75. The van der Waals surface area contributed by atoms with Crippen molar-refractivity contribution < 1.29 is 19.0 Å². The van der Waals surface area contributed by atoms with Gasteiger partial charge in [-0.15, -0.1) is 0 Å². The number of pyridine rings is 4. The minimum absolute atomic E-state index is 0.260. The maximum atomic E-state index is 12.4. The zero-order chi connectivity index (χ0) is 52.0. The Labute approximate surface area is 439 Å². The molecule has 0 atom stereocenters. The predicted molar refractivity (Wildman–Crippen MR) is 290 cm³/mol. The summed E-state index contributed by atoms with van der Waals surface area (Å²) < 4.78 is 18.8. The maximum Gasteiger partial charge on any atom is 0.410 e. The minimum Gasteiger partial charge on any atom is -0.464 e. The van der Waals surface area contributed by atoms with Crippen molar-refractivity contribution in [3.63, 3.8) is 0 Å². The summed E-state index contributed by atoms with van der Waals surface area (Å²) >= 11 is 0. The molecule has 0 unspecified atom stereocenters. The molecule has 12 rings (SSSR count). The molecule has 0 aromatic carbocycles. The summed E-state index contributed by atoms with van der Waals surface area (Å²) in [5.41, 5.74) is 7.03. The normalized spacial score (nSPS) is 19.6. The molecule has 18 heteroatoms. The SMILES string of the molecule is CC1(C)CCC2(CC1)Oc1ncccc1-c1cnc(Nc3ccc(N4CCN(C(=O)OC(C)(C)C)CC4)cn3)nc12.CC1(C)CCC2(CC1)Oc1ncccc1-c1cnc(Nc3ccc(N4CCNCC4)cn3)nc12. The number of fused-ring (bicyclic) bond motifs is 8. The van der Waals surface area contributed by atoms with Crippen molar-refractivity contribution in [2.75, 3.05) is 72.8 Å². The summed E-state index contributed by atoms with van der Waals surface area (Å²) in [6.45, 7) is 21.6. The van der Waals surface area contributed by atoms with Crippen LogP contribution in [-0.4, -0.2) is 109 Å². The number of rotatable bonds is 6. The average Bonchev–Trinajstić information content (AvgIpc) is 3.42. The maximum absolute atomic E-state index is 12.4. The molecule has 2 aliphatic carbocycles. The first-order valence-corrected chi connectivity index (χ1v) is 26.7. The smallest absolute Gasteiger partial charge is 0.410 e. The van der Waals surface area contributed by atoms with Crippen LogP contribution in [-0.2, 0) is 15.9 Å². The highest BCUT2D eigenvalue weighted by Gasteiger charge is 2.49. The van der Waals surface area contributed by atoms with Crippen molar-refractivity contribution in [1.82, 2.24) is 50.1 Å². The molecule has 4 aliphatic heterocycles.